The Balaban J connectivity index is 1.24. The summed E-state index contributed by atoms with van der Waals surface area (Å²) < 4.78 is 10.8. The molecule has 1 aromatic carbocycles. The second kappa shape index (κ2) is 7.87. The first-order valence-electron chi connectivity index (χ1n) is 10.2. The number of fused-ring (bicyclic) bond motifs is 1. The summed E-state index contributed by atoms with van der Waals surface area (Å²) in [7, 11) is 0. The molecular weight excluding hydrogens is 370 g/mol. The number of piperazine rings is 1. The van der Waals surface area contributed by atoms with Crippen molar-refractivity contribution in [1.82, 2.24) is 20.2 Å². The first-order valence-corrected chi connectivity index (χ1v) is 10.2. The lowest BCUT2D eigenvalue weighted by Gasteiger charge is -2.35. The number of carbonyl (C=O) groups is 1. The average Bonchev–Trinajstić information content (AvgIpc) is 3.24. The number of hydrogen-bond donors (Lipinski definition) is 1. The zero-order valence-electron chi connectivity index (χ0n) is 16.3. The van der Waals surface area contributed by atoms with Crippen molar-refractivity contribution in [1.29, 1.82) is 0 Å². The molecule has 0 aliphatic carbocycles. The summed E-state index contributed by atoms with van der Waals surface area (Å²) in [6, 6.07) is 7.90. The van der Waals surface area contributed by atoms with Crippen molar-refractivity contribution in [3.05, 3.63) is 41.9 Å². The molecule has 0 saturated carbocycles. The Morgan fingerprint density at radius 1 is 1.14 bits per heavy atom. The third kappa shape index (κ3) is 3.85. The monoisotopic (exact) mass is 395 g/mol. The predicted octanol–water partition coefficient (Wildman–Crippen LogP) is 1.52. The Morgan fingerprint density at radius 3 is 2.93 bits per heavy atom. The van der Waals surface area contributed by atoms with Gasteiger partial charge < -0.3 is 24.6 Å². The van der Waals surface area contributed by atoms with Crippen molar-refractivity contribution < 1.29 is 14.3 Å². The van der Waals surface area contributed by atoms with E-state index in [1.807, 2.05) is 23.1 Å². The van der Waals surface area contributed by atoms with Crippen LogP contribution in [-0.4, -0.2) is 60.3 Å². The molecule has 3 aliphatic heterocycles. The zero-order valence-corrected chi connectivity index (χ0v) is 16.3. The Bertz CT molecular complexity index is 900. The minimum Gasteiger partial charge on any atom is -0.454 e. The maximum atomic E-state index is 12.8. The van der Waals surface area contributed by atoms with E-state index in [0.29, 0.717) is 25.6 Å². The van der Waals surface area contributed by atoms with Gasteiger partial charge in [-0.1, -0.05) is 6.07 Å². The number of nitrogens with one attached hydrogen (secondary N) is 1. The van der Waals surface area contributed by atoms with E-state index in [4.69, 9.17) is 9.47 Å². The molecule has 1 N–H and O–H groups in total. The van der Waals surface area contributed by atoms with Crippen LogP contribution in [0.4, 0.5) is 5.82 Å². The quantitative estimate of drug-likeness (QED) is 0.841. The normalized spacial score (nSPS) is 21.5. The maximum absolute atomic E-state index is 12.8. The van der Waals surface area contributed by atoms with Gasteiger partial charge in [-0.15, -0.1) is 0 Å². The molecule has 29 heavy (non-hydrogen) atoms. The summed E-state index contributed by atoms with van der Waals surface area (Å²) >= 11 is 0. The van der Waals surface area contributed by atoms with Crippen molar-refractivity contribution in [2.24, 2.45) is 0 Å². The van der Waals surface area contributed by atoms with Crippen LogP contribution in [0.25, 0.3) is 0 Å². The molecule has 152 valence electrons. The molecule has 5 rings (SSSR count). The first kappa shape index (κ1) is 18.2. The third-order valence-corrected chi connectivity index (χ3v) is 5.84. The molecule has 8 nitrogen and oxygen atoms in total. The van der Waals surface area contributed by atoms with E-state index < -0.39 is 0 Å². The fourth-order valence-electron chi connectivity index (χ4n) is 4.19. The Labute approximate surface area is 169 Å². The van der Waals surface area contributed by atoms with E-state index in [1.54, 1.807) is 6.33 Å². The number of aromatic nitrogens is 2. The number of hydrogen-bond acceptors (Lipinski definition) is 7. The fourth-order valence-corrected chi connectivity index (χ4v) is 4.19. The fraction of sp³-hybridized carbons (Fsp3) is 0.476. The lowest BCUT2D eigenvalue weighted by atomic mass is 9.96. The van der Waals surface area contributed by atoms with Gasteiger partial charge in [-0.3, -0.25) is 4.79 Å². The molecule has 0 spiro atoms. The summed E-state index contributed by atoms with van der Waals surface area (Å²) in [4.78, 5) is 25.6. The Morgan fingerprint density at radius 2 is 2.07 bits per heavy atom. The lowest BCUT2D eigenvalue weighted by Crippen LogP contribution is -2.50. The molecule has 3 aliphatic rings. The van der Waals surface area contributed by atoms with Crippen LogP contribution in [0.1, 0.15) is 30.0 Å². The van der Waals surface area contributed by atoms with Crippen LogP contribution in [0, 0.1) is 0 Å². The van der Waals surface area contributed by atoms with Gasteiger partial charge in [0.15, 0.2) is 11.5 Å². The molecule has 1 amide bonds. The molecule has 2 saturated heterocycles. The third-order valence-electron chi connectivity index (χ3n) is 5.84. The minimum atomic E-state index is 0.105. The highest BCUT2D eigenvalue weighted by molar-refractivity contribution is 5.82. The predicted molar refractivity (Wildman–Crippen MR) is 107 cm³/mol. The standard InChI is InChI=1S/C21H25N5O3/c27-21-12-25(20-9-17(23-13-24-20)16-2-1-5-22-10-16)6-7-26(21)11-15-3-4-18-19(8-15)29-14-28-18/h3-4,8-9,13,16,22H,1-2,5-7,10-12,14H2. The molecule has 2 fully saturated rings. The van der Waals surface area contributed by atoms with Gasteiger partial charge in [-0.2, -0.15) is 0 Å². The Hall–Kier alpha value is -2.87. The molecule has 2 aromatic rings. The summed E-state index contributed by atoms with van der Waals surface area (Å²) in [5.41, 5.74) is 2.11. The van der Waals surface area contributed by atoms with E-state index in [-0.39, 0.29) is 12.7 Å². The van der Waals surface area contributed by atoms with Gasteiger partial charge in [0.1, 0.15) is 12.1 Å². The molecule has 8 heteroatoms. The van der Waals surface area contributed by atoms with Crippen molar-refractivity contribution in [3.63, 3.8) is 0 Å². The van der Waals surface area contributed by atoms with Crippen LogP contribution in [0.3, 0.4) is 0 Å². The van der Waals surface area contributed by atoms with Gasteiger partial charge in [0.05, 0.1) is 12.2 Å². The largest absolute Gasteiger partial charge is 0.454 e. The number of anilines is 1. The van der Waals surface area contributed by atoms with Crippen molar-refractivity contribution in [2.75, 3.05) is 44.4 Å². The lowest BCUT2D eigenvalue weighted by molar-refractivity contribution is -0.131. The Kier molecular flexibility index (Phi) is 4.93. The minimum absolute atomic E-state index is 0.105. The number of benzene rings is 1. The number of piperidine rings is 1. The molecular formula is C21H25N5O3. The van der Waals surface area contributed by atoms with E-state index in [0.717, 1.165) is 54.6 Å². The van der Waals surface area contributed by atoms with E-state index in [1.165, 1.54) is 6.42 Å². The molecule has 1 unspecified atom stereocenters. The van der Waals surface area contributed by atoms with Crippen molar-refractivity contribution in [3.8, 4) is 11.5 Å². The van der Waals surface area contributed by atoms with E-state index >= 15 is 0 Å². The van der Waals surface area contributed by atoms with Crippen LogP contribution in [0.15, 0.2) is 30.6 Å². The SMILES string of the molecule is O=C1CN(c2cc(C3CCCNC3)ncn2)CCN1Cc1ccc2c(c1)OCO2. The smallest absolute Gasteiger partial charge is 0.242 e. The summed E-state index contributed by atoms with van der Waals surface area (Å²) in [6.07, 6.45) is 3.94. The zero-order chi connectivity index (χ0) is 19.6. The van der Waals surface area contributed by atoms with Crippen LogP contribution >= 0.6 is 0 Å². The van der Waals surface area contributed by atoms with E-state index in [2.05, 4.69) is 26.3 Å². The van der Waals surface area contributed by atoms with Crippen LogP contribution in [0.5, 0.6) is 11.5 Å². The van der Waals surface area contributed by atoms with Gasteiger partial charge in [-0.05, 0) is 37.1 Å². The summed E-state index contributed by atoms with van der Waals surface area (Å²) in [5, 5.41) is 3.43. The second-order valence-electron chi connectivity index (χ2n) is 7.77. The van der Waals surface area contributed by atoms with E-state index in [9.17, 15) is 4.79 Å². The average molecular weight is 395 g/mol. The summed E-state index contributed by atoms with van der Waals surface area (Å²) in [6.45, 7) is 4.63. The maximum Gasteiger partial charge on any atom is 0.242 e. The number of rotatable bonds is 4. The van der Waals surface area contributed by atoms with Crippen LogP contribution < -0.4 is 19.7 Å². The summed E-state index contributed by atoms with van der Waals surface area (Å²) in [5.74, 6) is 2.88. The van der Waals surface area contributed by atoms with Gasteiger partial charge in [0, 0.05) is 38.2 Å². The molecule has 0 bridgehead atoms. The first-order chi connectivity index (χ1) is 14.3. The van der Waals surface area contributed by atoms with Crippen LogP contribution in [0.2, 0.25) is 0 Å². The molecule has 1 aromatic heterocycles. The number of carbonyl (C=O) groups excluding carboxylic acids is 1. The highest BCUT2D eigenvalue weighted by Crippen LogP contribution is 2.33. The molecule has 0 radical (unpaired) electrons. The molecule has 4 heterocycles. The van der Waals surface area contributed by atoms with Gasteiger partial charge in [0.2, 0.25) is 12.7 Å². The van der Waals surface area contributed by atoms with Gasteiger partial charge in [-0.25, -0.2) is 9.97 Å². The number of nitrogens with zero attached hydrogens (tertiary/aromatic N) is 4. The highest BCUT2D eigenvalue weighted by atomic mass is 16.7. The number of ether oxygens (including phenoxy) is 2. The van der Waals surface area contributed by atoms with Crippen LogP contribution in [-0.2, 0) is 11.3 Å². The number of amides is 1. The second-order valence-corrected chi connectivity index (χ2v) is 7.77. The van der Waals surface area contributed by atoms with Gasteiger partial charge >= 0.3 is 0 Å². The van der Waals surface area contributed by atoms with Crippen molar-refractivity contribution in [2.45, 2.75) is 25.3 Å². The van der Waals surface area contributed by atoms with Gasteiger partial charge in [0.25, 0.3) is 0 Å². The highest BCUT2D eigenvalue weighted by Gasteiger charge is 2.26. The molecule has 1 atom stereocenters. The topological polar surface area (TPSA) is 79.8 Å². The van der Waals surface area contributed by atoms with Crippen molar-refractivity contribution >= 4 is 11.7 Å².